The van der Waals surface area contributed by atoms with Gasteiger partial charge in [-0.05, 0) is 54.8 Å². The molecule has 106 valence electrons. The van der Waals surface area contributed by atoms with E-state index in [2.05, 4.69) is 34.3 Å². The molecular formula is C15H17BrFN3. The van der Waals surface area contributed by atoms with Crippen LogP contribution in [0, 0.1) is 5.82 Å². The highest BCUT2D eigenvalue weighted by molar-refractivity contribution is 9.10. The standard InChI is InChI=1S/C15H17BrFN3/c1-8(2)20-14(18)13(19-15(20)9-3-4-9)10-5-6-11(16)12(17)7-10/h5-9H,3-4,18H2,1-2H3. The lowest BCUT2D eigenvalue weighted by Gasteiger charge is -2.13. The number of rotatable bonds is 3. The van der Waals surface area contributed by atoms with Crippen LogP contribution in [0.15, 0.2) is 22.7 Å². The molecule has 0 radical (unpaired) electrons. The molecule has 5 heteroatoms. The Morgan fingerprint density at radius 3 is 2.65 bits per heavy atom. The van der Waals surface area contributed by atoms with E-state index in [0.29, 0.717) is 21.9 Å². The Kier molecular flexibility index (Phi) is 3.32. The number of nitrogen functional groups attached to an aromatic ring is 1. The van der Waals surface area contributed by atoms with E-state index in [1.165, 1.54) is 6.07 Å². The normalized spacial score (nSPS) is 15.1. The van der Waals surface area contributed by atoms with Gasteiger partial charge in [-0.25, -0.2) is 9.37 Å². The van der Waals surface area contributed by atoms with E-state index in [9.17, 15) is 4.39 Å². The fourth-order valence-electron chi connectivity index (χ4n) is 2.49. The average Bonchev–Trinajstić information content (AvgIpc) is 3.16. The lowest BCUT2D eigenvalue weighted by molar-refractivity contribution is 0.576. The second-order valence-electron chi connectivity index (χ2n) is 5.57. The van der Waals surface area contributed by atoms with Gasteiger partial charge in [-0.3, -0.25) is 0 Å². The highest BCUT2D eigenvalue weighted by Gasteiger charge is 2.31. The summed E-state index contributed by atoms with van der Waals surface area (Å²) in [5, 5.41) is 0. The molecule has 1 aliphatic carbocycles. The predicted molar refractivity (Wildman–Crippen MR) is 82.1 cm³/mol. The Balaban J connectivity index is 2.13. The van der Waals surface area contributed by atoms with Crippen LogP contribution in [-0.2, 0) is 0 Å². The van der Waals surface area contributed by atoms with Crippen LogP contribution in [0.25, 0.3) is 11.3 Å². The molecule has 0 amide bonds. The molecule has 1 fully saturated rings. The Morgan fingerprint density at radius 1 is 1.40 bits per heavy atom. The first-order valence-corrected chi connectivity index (χ1v) is 7.61. The third-order valence-electron chi connectivity index (χ3n) is 3.63. The summed E-state index contributed by atoms with van der Waals surface area (Å²) in [5.41, 5.74) is 7.67. The van der Waals surface area contributed by atoms with Crippen molar-refractivity contribution in [2.24, 2.45) is 0 Å². The summed E-state index contributed by atoms with van der Waals surface area (Å²) in [4.78, 5) is 4.69. The lowest BCUT2D eigenvalue weighted by Crippen LogP contribution is -2.08. The largest absolute Gasteiger partial charge is 0.383 e. The zero-order chi connectivity index (χ0) is 14.4. The highest BCUT2D eigenvalue weighted by atomic mass is 79.9. The molecule has 1 heterocycles. The number of halogens is 2. The smallest absolute Gasteiger partial charge is 0.138 e. The van der Waals surface area contributed by atoms with Crippen LogP contribution in [0.1, 0.15) is 44.5 Å². The Bertz CT molecular complexity index is 659. The Labute approximate surface area is 126 Å². The topological polar surface area (TPSA) is 43.8 Å². The number of hydrogen-bond acceptors (Lipinski definition) is 2. The molecule has 1 aliphatic rings. The molecule has 1 saturated carbocycles. The van der Waals surface area contributed by atoms with Gasteiger partial charge in [0.2, 0.25) is 0 Å². The summed E-state index contributed by atoms with van der Waals surface area (Å²) in [7, 11) is 0. The van der Waals surface area contributed by atoms with E-state index in [4.69, 9.17) is 10.7 Å². The quantitative estimate of drug-likeness (QED) is 0.896. The van der Waals surface area contributed by atoms with Crippen LogP contribution in [-0.4, -0.2) is 9.55 Å². The van der Waals surface area contributed by atoms with Crippen molar-refractivity contribution in [2.75, 3.05) is 5.73 Å². The first-order valence-electron chi connectivity index (χ1n) is 6.82. The number of nitrogens with zero attached hydrogens (tertiary/aromatic N) is 2. The van der Waals surface area contributed by atoms with Crippen LogP contribution in [0.5, 0.6) is 0 Å². The van der Waals surface area contributed by atoms with Crippen molar-refractivity contribution in [1.82, 2.24) is 9.55 Å². The number of nitrogens with two attached hydrogens (primary N) is 1. The van der Waals surface area contributed by atoms with E-state index >= 15 is 0 Å². The molecule has 0 unspecified atom stereocenters. The van der Waals surface area contributed by atoms with E-state index in [0.717, 1.165) is 24.2 Å². The maximum atomic E-state index is 13.7. The Hall–Kier alpha value is -1.36. The minimum Gasteiger partial charge on any atom is -0.383 e. The third kappa shape index (κ3) is 2.24. The maximum absolute atomic E-state index is 13.7. The van der Waals surface area contributed by atoms with E-state index < -0.39 is 0 Å². The van der Waals surface area contributed by atoms with Crippen molar-refractivity contribution in [1.29, 1.82) is 0 Å². The molecule has 3 nitrogen and oxygen atoms in total. The van der Waals surface area contributed by atoms with Crippen LogP contribution in [0.4, 0.5) is 10.2 Å². The maximum Gasteiger partial charge on any atom is 0.138 e. The summed E-state index contributed by atoms with van der Waals surface area (Å²) >= 11 is 3.16. The van der Waals surface area contributed by atoms with Crippen LogP contribution in [0.3, 0.4) is 0 Å². The molecule has 2 N–H and O–H groups in total. The first kappa shape index (κ1) is 13.6. The van der Waals surface area contributed by atoms with Gasteiger partial charge in [-0.2, -0.15) is 0 Å². The Morgan fingerprint density at radius 2 is 2.10 bits per heavy atom. The van der Waals surface area contributed by atoms with Gasteiger partial charge in [-0.1, -0.05) is 6.07 Å². The monoisotopic (exact) mass is 337 g/mol. The van der Waals surface area contributed by atoms with E-state index in [1.54, 1.807) is 6.07 Å². The molecule has 0 atom stereocenters. The van der Waals surface area contributed by atoms with Crippen molar-refractivity contribution in [2.45, 2.75) is 38.6 Å². The second kappa shape index (κ2) is 4.88. The van der Waals surface area contributed by atoms with Gasteiger partial charge in [0, 0.05) is 17.5 Å². The molecule has 0 bridgehead atoms. The van der Waals surface area contributed by atoms with Gasteiger partial charge >= 0.3 is 0 Å². The fourth-order valence-corrected chi connectivity index (χ4v) is 2.74. The zero-order valence-corrected chi connectivity index (χ0v) is 13.1. The minimum absolute atomic E-state index is 0.257. The van der Waals surface area contributed by atoms with Gasteiger partial charge in [0.15, 0.2) is 0 Å². The number of anilines is 1. The van der Waals surface area contributed by atoms with Crippen molar-refractivity contribution < 1.29 is 4.39 Å². The molecule has 0 saturated heterocycles. The highest BCUT2D eigenvalue weighted by Crippen LogP contribution is 2.43. The second-order valence-corrected chi connectivity index (χ2v) is 6.43. The summed E-state index contributed by atoms with van der Waals surface area (Å²) in [6.07, 6.45) is 2.33. The number of aromatic nitrogens is 2. The van der Waals surface area contributed by atoms with Crippen molar-refractivity contribution >= 4 is 21.7 Å². The number of benzene rings is 1. The van der Waals surface area contributed by atoms with Gasteiger partial charge in [0.1, 0.15) is 23.2 Å². The van der Waals surface area contributed by atoms with Crippen LogP contribution >= 0.6 is 15.9 Å². The zero-order valence-electron chi connectivity index (χ0n) is 11.5. The van der Waals surface area contributed by atoms with Gasteiger partial charge in [0.05, 0.1) is 4.47 Å². The van der Waals surface area contributed by atoms with Crippen LogP contribution in [0.2, 0.25) is 0 Å². The third-order valence-corrected chi connectivity index (χ3v) is 4.27. The molecule has 0 aliphatic heterocycles. The van der Waals surface area contributed by atoms with E-state index in [1.807, 2.05) is 6.07 Å². The summed E-state index contributed by atoms with van der Waals surface area (Å²) in [6, 6.07) is 5.26. The van der Waals surface area contributed by atoms with Gasteiger partial charge in [-0.15, -0.1) is 0 Å². The molecule has 1 aromatic heterocycles. The van der Waals surface area contributed by atoms with E-state index in [-0.39, 0.29) is 11.9 Å². The van der Waals surface area contributed by atoms with Gasteiger partial charge in [0.25, 0.3) is 0 Å². The summed E-state index contributed by atoms with van der Waals surface area (Å²) in [6.45, 7) is 4.19. The van der Waals surface area contributed by atoms with Crippen molar-refractivity contribution in [3.05, 3.63) is 34.3 Å². The molecule has 0 spiro atoms. The molecule has 1 aromatic carbocycles. The molecule has 2 aromatic rings. The predicted octanol–water partition coefficient (Wildman–Crippen LogP) is 4.49. The molecule has 3 rings (SSSR count). The minimum atomic E-state index is -0.297. The molecular weight excluding hydrogens is 321 g/mol. The number of hydrogen-bond donors (Lipinski definition) is 1. The van der Waals surface area contributed by atoms with Gasteiger partial charge < -0.3 is 10.3 Å². The average molecular weight is 338 g/mol. The van der Waals surface area contributed by atoms with Crippen LogP contribution < -0.4 is 5.73 Å². The van der Waals surface area contributed by atoms with Crippen molar-refractivity contribution in [3.8, 4) is 11.3 Å². The number of imidazole rings is 1. The lowest BCUT2D eigenvalue weighted by atomic mass is 10.1. The van der Waals surface area contributed by atoms with Crippen molar-refractivity contribution in [3.63, 3.8) is 0 Å². The fraction of sp³-hybridized carbons (Fsp3) is 0.400. The summed E-state index contributed by atoms with van der Waals surface area (Å²) < 4.78 is 16.2. The SMILES string of the molecule is CC(C)n1c(C2CC2)nc(-c2ccc(Br)c(F)c2)c1N. The molecule has 20 heavy (non-hydrogen) atoms. The first-order chi connectivity index (χ1) is 9.49. The summed E-state index contributed by atoms with van der Waals surface area (Å²) in [5.74, 6) is 1.88.